The van der Waals surface area contributed by atoms with E-state index >= 15 is 0 Å². The molecule has 3 N–H and O–H groups in total. The number of thioether (sulfide) groups is 1. The minimum absolute atomic E-state index is 0.164. The van der Waals surface area contributed by atoms with Crippen LogP contribution in [0.1, 0.15) is 0 Å². The highest BCUT2D eigenvalue weighted by molar-refractivity contribution is 7.99. The van der Waals surface area contributed by atoms with E-state index in [0.717, 1.165) is 11.3 Å². The molecular weight excluding hydrogens is 364 g/mol. The fourth-order valence-corrected chi connectivity index (χ4v) is 3.15. The van der Waals surface area contributed by atoms with Crippen molar-refractivity contribution in [1.29, 1.82) is 0 Å². The number of anilines is 1. The number of hydrogen-bond donors (Lipinski definition) is 2. The van der Waals surface area contributed by atoms with Gasteiger partial charge in [-0.3, -0.25) is 4.79 Å². The molecule has 27 heavy (non-hydrogen) atoms. The Morgan fingerprint density at radius 3 is 2.67 bits per heavy atom. The Kier molecular flexibility index (Phi) is 5.87. The van der Waals surface area contributed by atoms with Crippen LogP contribution in [0.4, 0.5) is 5.69 Å². The summed E-state index contributed by atoms with van der Waals surface area (Å²) in [5.74, 6) is 7.12. The number of nitrogens with two attached hydrogens (primary N) is 1. The van der Waals surface area contributed by atoms with Crippen LogP contribution >= 0.6 is 11.8 Å². The number of nitrogens with zero attached hydrogens (tertiary/aromatic N) is 2. The van der Waals surface area contributed by atoms with Gasteiger partial charge < -0.3 is 20.6 Å². The van der Waals surface area contributed by atoms with Gasteiger partial charge in [-0.1, -0.05) is 42.1 Å². The number of nitrogen functional groups attached to an aromatic ring is 1. The molecule has 0 fully saturated rings. The average Bonchev–Trinajstić information content (AvgIpc) is 3.08. The zero-order chi connectivity index (χ0) is 19.2. The van der Waals surface area contributed by atoms with Gasteiger partial charge in [-0.25, -0.2) is 9.66 Å². The van der Waals surface area contributed by atoms with Crippen molar-refractivity contribution in [3.63, 3.8) is 0 Å². The molecule has 0 radical (unpaired) electrons. The second kappa shape index (κ2) is 8.50. The van der Waals surface area contributed by atoms with Crippen molar-refractivity contribution in [3.05, 3.63) is 54.7 Å². The van der Waals surface area contributed by atoms with E-state index in [9.17, 15) is 4.79 Å². The van der Waals surface area contributed by atoms with Crippen molar-refractivity contribution in [3.8, 4) is 22.8 Å². The fraction of sp³-hybridized carbons (Fsp3) is 0.158. The third kappa shape index (κ3) is 4.53. The molecule has 0 aliphatic rings. The molecule has 0 spiro atoms. The SMILES string of the molecule is COc1ccc(NC(=O)CSc2nc(-c3ccccc3)cn2N)c(OC)c1. The molecule has 7 nitrogen and oxygen atoms in total. The van der Waals surface area contributed by atoms with Gasteiger partial charge in [0.2, 0.25) is 5.91 Å². The van der Waals surface area contributed by atoms with E-state index in [0.29, 0.717) is 22.3 Å². The number of carbonyl (C=O) groups excluding carboxylic acids is 1. The van der Waals surface area contributed by atoms with Gasteiger partial charge in [-0.2, -0.15) is 0 Å². The third-order valence-electron chi connectivity index (χ3n) is 3.78. The molecule has 2 aromatic carbocycles. The van der Waals surface area contributed by atoms with Gasteiger partial charge in [0.05, 0.1) is 37.6 Å². The first-order valence-corrected chi connectivity index (χ1v) is 9.14. The summed E-state index contributed by atoms with van der Waals surface area (Å²) in [5, 5.41) is 3.38. The van der Waals surface area contributed by atoms with Gasteiger partial charge in [-0.05, 0) is 12.1 Å². The minimum atomic E-state index is -0.187. The number of methoxy groups -OCH3 is 2. The van der Waals surface area contributed by atoms with Gasteiger partial charge in [0, 0.05) is 11.6 Å². The third-order valence-corrected chi connectivity index (χ3v) is 4.75. The molecule has 0 bridgehead atoms. The van der Waals surface area contributed by atoms with Crippen LogP contribution in [0.15, 0.2) is 59.9 Å². The molecule has 1 heterocycles. The molecular formula is C19H20N4O3S. The van der Waals surface area contributed by atoms with E-state index in [-0.39, 0.29) is 11.7 Å². The first kappa shape index (κ1) is 18.7. The molecule has 140 valence electrons. The minimum Gasteiger partial charge on any atom is -0.497 e. The molecule has 0 unspecified atom stereocenters. The summed E-state index contributed by atoms with van der Waals surface area (Å²) >= 11 is 1.26. The molecule has 0 aliphatic heterocycles. The predicted octanol–water partition coefficient (Wildman–Crippen LogP) is 3.01. The molecule has 1 aromatic heterocycles. The maximum atomic E-state index is 12.3. The quantitative estimate of drug-likeness (QED) is 0.481. The first-order valence-electron chi connectivity index (χ1n) is 8.15. The number of ether oxygens (including phenoxy) is 2. The van der Waals surface area contributed by atoms with Crippen LogP contribution < -0.4 is 20.6 Å². The summed E-state index contributed by atoms with van der Waals surface area (Å²) < 4.78 is 11.9. The van der Waals surface area contributed by atoms with Crippen LogP contribution in [0.3, 0.4) is 0 Å². The Morgan fingerprint density at radius 1 is 1.19 bits per heavy atom. The van der Waals surface area contributed by atoms with E-state index in [1.807, 2.05) is 30.3 Å². The Morgan fingerprint density at radius 2 is 1.96 bits per heavy atom. The van der Waals surface area contributed by atoms with E-state index in [1.165, 1.54) is 23.5 Å². The van der Waals surface area contributed by atoms with Crippen molar-refractivity contribution in [2.45, 2.75) is 5.16 Å². The molecule has 0 saturated carbocycles. The number of rotatable bonds is 7. The lowest BCUT2D eigenvalue weighted by Crippen LogP contribution is -2.16. The Hall–Kier alpha value is -3.13. The lowest BCUT2D eigenvalue weighted by Gasteiger charge is -2.11. The Labute approximate surface area is 161 Å². The van der Waals surface area contributed by atoms with E-state index in [2.05, 4.69) is 10.3 Å². The molecule has 3 rings (SSSR count). The van der Waals surface area contributed by atoms with Crippen LogP contribution in [-0.4, -0.2) is 35.5 Å². The highest BCUT2D eigenvalue weighted by atomic mass is 32.2. The second-order valence-corrected chi connectivity index (χ2v) is 6.53. The zero-order valence-electron chi connectivity index (χ0n) is 15.0. The number of hydrogen-bond acceptors (Lipinski definition) is 6. The molecule has 3 aromatic rings. The molecule has 0 aliphatic carbocycles. The number of imidazole rings is 1. The molecule has 0 saturated heterocycles. The summed E-state index contributed by atoms with van der Waals surface area (Å²) in [4.78, 5) is 16.8. The first-order chi connectivity index (χ1) is 13.1. The lowest BCUT2D eigenvalue weighted by atomic mass is 10.2. The van der Waals surface area contributed by atoms with Gasteiger partial charge in [0.15, 0.2) is 5.16 Å². The average molecular weight is 384 g/mol. The summed E-state index contributed by atoms with van der Waals surface area (Å²) in [7, 11) is 3.11. The molecule has 8 heteroatoms. The van der Waals surface area contributed by atoms with Gasteiger partial charge in [0.25, 0.3) is 0 Å². The molecule has 1 amide bonds. The largest absolute Gasteiger partial charge is 0.497 e. The van der Waals surface area contributed by atoms with Crippen LogP contribution in [0.5, 0.6) is 11.5 Å². The van der Waals surface area contributed by atoms with Crippen LogP contribution in [-0.2, 0) is 4.79 Å². The standard InChI is InChI=1S/C19H20N4O3S/c1-25-14-8-9-15(17(10-14)26-2)21-18(24)12-27-19-22-16(11-23(19)20)13-6-4-3-5-7-13/h3-11H,12,20H2,1-2H3,(H,21,24). The van der Waals surface area contributed by atoms with Gasteiger partial charge in [0.1, 0.15) is 11.5 Å². The maximum Gasteiger partial charge on any atom is 0.234 e. The number of amides is 1. The monoisotopic (exact) mass is 384 g/mol. The summed E-state index contributed by atoms with van der Waals surface area (Å²) in [5.41, 5.74) is 2.30. The van der Waals surface area contributed by atoms with Crippen molar-refractivity contribution in [2.75, 3.05) is 31.1 Å². The van der Waals surface area contributed by atoms with Crippen molar-refractivity contribution < 1.29 is 14.3 Å². The van der Waals surface area contributed by atoms with E-state index in [1.54, 1.807) is 31.5 Å². The highest BCUT2D eigenvalue weighted by Gasteiger charge is 2.13. The smallest absolute Gasteiger partial charge is 0.234 e. The zero-order valence-corrected chi connectivity index (χ0v) is 15.8. The normalized spacial score (nSPS) is 10.4. The Bertz CT molecular complexity index is 928. The van der Waals surface area contributed by atoms with Crippen molar-refractivity contribution >= 4 is 23.4 Å². The van der Waals surface area contributed by atoms with E-state index < -0.39 is 0 Å². The number of aromatic nitrogens is 2. The number of nitrogens with one attached hydrogen (secondary N) is 1. The summed E-state index contributed by atoms with van der Waals surface area (Å²) in [6.07, 6.45) is 1.74. The summed E-state index contributed by atoms with van der Waals surface area (Å²) in [6.45, 7) is 0. The van der Waals surface area contributed by atoms with E-state index in [4.69, 9.17) is 15.3 Å². The second-order valence-electron chi connectivity index (χ2n) is 5.59. The topological polar surface area (TPSA) is 91.4 Å². The summed E-state index contributed by atoms with van der Waals surface area (Å²) in [6, 6.07) is 14.9. The van der Waals surface area contributed by atoms with Crippen LogP contribution in [0.25, 0.3) is 11.3 Å². The number of carbonyl (C=O) groups is 1. The predicted molar refractivity (Wildman–Crippen MR) is 107 cm³/mol. The lowest BCUT2D eigenvalue weighted by molar-refractivity contribution is -0.113. The maximum absolute atomic E-state index is 12.3. The molecule has 0 atom stereocenters. The van der Waals surface area contributed by atoms with Gasteiger partial charge >= 0.3 is 0 Å². The fourth-order valence-electron chi connectivity index (χ4n) is 2.45. The number of benzene rings is 2. The van der Waals surface area contributed by atoms with Crippen LogP contribution in [0, 0.1) is 0 Å². The highest BCUT2D eigenvalue weighted by Crippen LogP contribution is 2.29. The Balaban J connectivity index is 1.64. The van der Waals surface area contributed by atoms with Crippen molar-refractivity contribution in [2.24, 2.45) is 0 Å². The van der Waals surface area contributed by atoms with Crippen molar-refractivity contribution in [1.82, 2.24) is 9.66 Å². The van der Waals surface area contributed by atoms with Crippen LogP contribution in [0.2, 0.25) is 0 Å². The van der Waals surface area contributed by atoms with Gasteiger partial charge in [-0.15, -0.1) is 0 Å².